The number of nitrogens with zero attached hydrogens (tertiary/aromatic N) is 1. The number of aliphatic hydroxyl groups is 1. The van der Waals surface area contributed by atoms with Crippen molar-refractivity contribution in [2.75, 3.05) is 19.7 Å². The lowest BCUT2D eigenvalue weighted by Crippen LogP contribution is -2.47. The average molecular weight is 302 g/mol. The Labute approximate surface area is 132 Å². The van der Waals surface area contributed by atoms with Crippen molar-refractivity contribution in [2.24, 2.45) is 5.92 Å². The number of urea groups is 1. The first-order valence-electron chi connectivity index (χ1n) is 8.05. The number of amides is 2. The molecule has 120 valence electrons. The van der Waals surface area contributed by atoms with E-state index < -0.39 is 0 Å². The summed E-state index contributed by atoms with van der Waals surface area (Å²) in [6.07, 6.45) is 6.04. The van der Waals surface area contributed by atoms with Crippen LogP contribution < -0.4 is 5.32 Å². The maximum absolute atomic E-state index is 12.3. The normalized spacial score (nSPS) is 20.6. The van der Waals surface area contributed by atoms with Gasteiger partial charge in [-0.15, -0.1) is 6.58 Å². The van der Waals surface area contributed by atoms with Gasteiger partial charge in [-0.1, -0.05) is 42.8 Å². The molecule has 2 rings (SSSR count). The minimum Gasteiger partial charge on any atom is -0.395 e. The molecule has 4 nitrogen and oxygen atoms in total. The van der Waals surface area contributed by atoms with Crippen molar-refractivity contribution >= 4 is 6.03 Å². The first kappa shape index (κ1) is 16.6. The van der Waals surface area contributed by atoms with Crippen molar-refractivity contribution in [3.63, 3.8) is 0 Å². The summed E-state index contributed by atoms with van der Waals surface area (Å²) in [5, 5.41) is 12.2. The zero-order valence-electron chi connectivity index (χ0n) is 13.1. The Kier molecular flexibility index (Phi) is 6.46. The summed E-state index contributed by atoms with van der Waals surface area (Å²) in [7, 11) is 0. The zero-order valence-corrected chi connectivity index (χ0v) is 13.1. The molecule has 1 aliphatic carbocycles. The Morgan fingerprint density at radius 3 is 2.82 bits per heavy atom. The van der Waals surface area contributed by atoms with Crippen LogP contribution in [0.5, 0.6) is 0 Å². The van der Waals surface area contributed by atoms with E-state index in [1.54, 1.807) is 11.0 Å². The van der Waals surface area contributed by atoms with Crippen molar-refractivity contribution in [1.82, 2.24) is 10.2 Å². The zero-order chi connectivity index (χ0) is 15.8. The Morgan fingerprint density at radius 1 is 1.36 bits per heavy atom. The van der Waals surface area contributed by atoms with Crippen LogP contribution in [0.3, 0.4) is 0 Å². The van der Waals surface area contributed by atoms with E-state index in [4.69, 9.17) is 5.11 Å². The molecule has 0 spiro atoms. The van der Waals surface area contributed by atoms with Gasteiger partial charge in [0.1, 0.15) is 0 Å². The lowest BCUT2D eigenvalue weighted by atomic mass is 9.95. The standard InChI is InChI=1S/C18H26N2O2/c1-2-11-20(12-13-21)18(22)19-17-10-6-9-16(17)14-15-7-4-3-5-8-15/h2-5,7-8,16-17,21H,1,6,9-14H2,(H,19,22). The Morgan fingerprint density at radius 2 is 2.14 bits per heavy atom. The fourth-order valence-corrected chi connectivity index (χ4v) is 3.19. The summed E-state index contributed by atoms with van der Waals surface area (Å²) in [6, 6.07) is 10.6. The minimum atomic E-state index is -0.0982. The summed E-state index contributed by atoms with van der Waals surface area (Å²) in [4.78, 5) is 13.9. The smallest absolute Gasteiger partial charge is 0.317 e. The van der Waals surface area contributed by atoms with Gasteiger partial charge in [-0.05, 0) is 30.7 Å². The number of rotatable bonds is 7. The van der Waals surface area contributed by atoms with Gasteiger partial charge >= 0.3 is 6.03 Å². The lowest BCUT2D eigenvalue weighted by molar-refractivity contribution is 0.178. The van der Waals surface area contributed by atoms with E-state index in [-0.39, 0.29) is 18.7 Å². The van der Waals surface area contributed by atoms with Gasteiger partial charge in [0.15, 0.2) is 0 Å². The molecule has 0 aromatic heterocycles. The third-order valence-electron chi connectivity index (χ3n) is 4.32. The number of hydrogen-bond donors (Lipinski definition) is 2. The van der Waals surface area contributed by atoms with Gasteiger partial charge in [0, 0.05) is 19.1 Å². The predicted octanol–water partition coefficient (Wildman–Crippen LogP) is 2.59. The SMILES string of the molecule is C=CCN(CCO)C(=O)NC1CCCC1Cc1ccccc1. The molecule has 1 aromatic carbocycles. The number of hydrogen-bond acceptors (Lipinski definition) is 2. The molecule has 0 radical (unpaired) electrons. The highest BCUT2D eigenvalue weighted by molar-refractivity contribution is 5.74. The predicted molar refractivity (Wildman–Crippen MR) is 88.7 cm³/mol. The molecule has 22 heavy (non-hydrogen) atoms. The second-order valence-electron chi connectivity index (χ2n) is 5.89. The molecule has 1 saturated carbocycles. The second-order valence-corrected chi connectivity index (χ2v) is 5.89. The fraction of sp³-hybridized carbons (Fsp3) is 0.500. The van der Waals surface area contributed by atoms with Gasteiger partial charge in [0.25, 0.3) is 0 Å². The van der Waals surface area contributed by atoms with E-state index in [2.05, 4.69) is 36.2 Å². The van der Waals surface area contributed by atoms with Crippen LogP contribution >= 0.6 is 0 Å². The summed E-state index contributed by atoms with van der Waals surface area (Å²) < 4.78 is 0. The molecule has 2 unspecified atom stereocenters. The van der Waals surface area contributed by atoms with E-state index in [1.807, 2.05) is 6.07 Å². The van der Waals surface area contributed by atoms with Crippen LogP contribution in [0.2, 0.25) is 0 Å². The van der Waals surface area contributed by atoms with Crippen molar-refractivity contribution in [1.29, 1.82) is 0 Å². The topological polar surface area (TPSA) is 52.6 Å². The van der Waals surface area contributed by atoms with E-state index >= 15 is 0 Å². The Bertz CT molecular complexity index is 475. The molecule has 0 bridgehead atoms. The number of aliphatic hydroxyl groups excluding tert-OH is 1. The molecular formula is C18H26N2O2. The third kappa shape index (κ3) is 4.60. The molecular weight excluding hydrogens is 276 g/mol. The van der Waals surface area contributed by atoms with Crippen molar-refractivity contribution in [3.8, 4) is 0 Å². The Balaban J connectivity index is 1.92. The monoisotopic (exact) mass is 302 g/mol. The summed E-state index contributed by atoms with van der Waals surface area (Å²) in [5.41, 5.74) is 1.33. The quantitative estimate of drug-likeness (QED) is 0.761. The molecule has 0 heterocycles. The lowest BCUT2D eigenvalue weighted by Gasteiger charge is -2.26. The van der Waals surface area contributed by atoms with Gasteiger partial charge in [-0.25, -0.2) is 4.79 Å². The van der Waals surface area contributed by atoms with E-state index in [0.717, 1.165) is 25.7 Å². The number of carbonyl (C=O) groups is 1. The second kappa shape index (κ2) is 8.59. The third-order valence-corrected chi connectivity index (χ3v) is 4.32. The molecule has 2 atom stereocenters. The van der Waals surface area contributed by atoms with Crippen LogP contribution in [-0.2, 0) is 6.42 Å². The molecule has 4 heteroatoms. The van der Waals surface area contributed by atoms with Crippen molar-refractivity contribution in [2.45, 2.75) is 31.7 Å². The fourth-order valence-electron chi connectivity index (χ4n) is 3.19. The van der Waals surface area contributed by atoms with Gasteiger partial charge in [0.2, 0.25) is 0 Å². The largest absolute Gasteiger partial charge is 0.395 e. The molecule has 0 saturated heterocycles. The molecule has 1 aromatic rings. The van der Waals surface area contributed by atoms with E-state index in [9.17, 15) is 4.79 Å². The van der Waals surface area contributed by atoms with Crippen LogP contribution in [0.25, 0.3) is 0 Å². The van der Waals surface area contributed by atoms with Gasteiger partial charge in [-0.2, -0.15) is 0 Å². The highest BCUT2D eigenvalue weighted by Crippen LogP contribution is 2.29. The van der Waals surface area contributed by atoms with Gasteiger partial charge < -0.3 is 15.3 Å². The summed E-state index contributed by atoms with van der Waals surface area (Å²) in [5.74, 6) is 0.492. The highest BCUT2D eigenvalue weighted by Gasteiger charge is 2.29. The maximum atomic E-state index is 12.3. The first-order chi connectivity index (χ1) is 10.7. The molecule has 1 fully saturated rings. The number of carbonyl (C=O) groups excluding carboxylic acids is 1. The first-order valence-corrected chi connectivity index (χ1v) is 8.05. The maximum Gasteiger partial charge on any atom is 0.317 e. The van der Waals surface area contributed by atoms with Crippen LogP contribution in [0.15, 0.2) is 43.0 Å². The van der Waals surface area contributed by atoms with Crippen molar-refractivity contribution in [3.05, 3.63) is 48.6 Å². The molecule has 1 aliphatic rings. The summed E-state index contributed by atoms with van der Waals surface area (Å²) in [6.45, 7) is 4.44. The van der Waals surface area contributed by atoms with Gasteiger partial charge in [-0.3, -0.25) is 0 Å². The number of benzene rings is 1. The van der Waals surface area contributed by atoms with Crippen LogP contribution in [0.4, 0.5) is 4.79 Å². The van der Waals surface area contributed by atoms with E-state index in [0.29, 0.717) is 19.0 Å². The summed E-state index contributed by atoms with van der Waals surface area (Å²) >= 11 is 0. The average Bonchev–Trinajstić information content (AvgIpc) is 2.95. The van der Waals surface area contributed by atoms with E-state index in [1.165, 1.54) is 5.56 Å². The minimum absolute atomic E-state index is 0.0284. The van der Waals surface area contributed by atoms with Crippen LogP contribution in [0, 0.1) is 5.92 Å². The molecule has 2 amide bonds. The van der Waals surface area contributed by atoms with Crippen molar-refractivity contribution < 1.29 is 9.90 Å². The van der Waals surface area contributed by atoms with Crippen LogP contribution in [-0.4, -0.2) is 41.8 Å². The Hall–Kier alpha value is -1.81. The molecule has 0 aliphatic heterocycles. The van der Waals surface area contributed by atoms with Crippen LogP contribution in [0.1, 0.15) is 24.8 Å². The number of nitrogens with one attached hydrogen (secondary N) is 1. The molecule has 2 N–H and O–H groups in total. The van der Waals surface area contributed by atoms with Gasteiger partial charge in [0.05, 0.1) is 6.61 Å². The highest BCUT2D eigenvalue weighted by atomic mass is 16.3.